The zero-order valence-electron chi connectivity index (χ0n) is 30.7. The summed E-state index contributed by atoms with van der Waals surface area (Å²) in [5, 5.41) is 21.2. The van der Waals surface area contributed by atoms with Gasteiger partial charge in [-0.05, 0) is 29.9 Å². The summed E-state index contributed by atoms with van der Waals surface area (Å²) in [6.07, 6.45) is -0.147. The Kier molecular flexibility index (Phi) is 14.1. The Morgan fingerprint density at radius 1 is 0.907 bits per heavy atom. The first kappa shape index (κ1) is 40.8. The number of aromatic nitrogens is 4. The Hall–Kier alpha value is -5.97. The highest BCUT2D eigenvalue weighted by atomic mass is 16.6. The number of rotatable bonds is 19. The molecule has 0 fully saturated rings. The quantitative estimate of drug-likeness (QED) is 0.0956. The molecular weight excluding hydrogens is 702 g/mol. The molecular formula is C37H47N7O10. The van der Waals surface area contributed by atoms with Crippen molar-refractivity contribution in [2.75, 3.05) is 18.8 Å². The first-order valence-corrected chi connectivity index (χ1v) is 17.6. The number of anilines is 1. The lowest BCUT2D eigenvalue weighted by atomic mass is 9.92. The number of hydrogen-bond donors (Lipinski definition) is 4. The molecule has 2 amide bonds. The number of nitrogens with zero attached hydrogens (tertiary/aromatic N) is 5. The molecule has 17 nitrogen and oxygen atoms in total. The maximum absolute atomic E-state index is 14.1. The molecule has 0 radical (unpaired) electrons. The van der Waals surface area contributed by atoms with Crippen molar-refractivity contribution in [3.63, 3.8) is 0 Å². The van der Waals surface area contributed by atoms with E-state index in [9.17, 15) is 34.2 Å². The standard InChI is InChI=1S/C37H47N7O10/c1-5-24(3)29(32(46)47)43(35(50)52-20-26-14-9-7-10-15-26)18-13-19-44(36(51)53-21-27-16-11-8-12-17-27)37(33(48)49,25(4)6-2)54-23-42-22-39-28-30(42)40-34(38)41-31(28)45/h7-12,14-17,22,24-25,29H,5-6,13,18-21,23H2,1-4H3,(H,46,47)(H,48,49)(H3,38,40,41,45)/t24-,25-,29-,37+/m0/s1. The zero-order chi connectivity index (χ0) is 39.4. The molecule has 0 spiro atoms. The second-order valence-corrected chi connectivity index (χ2v) is 12.9. The number of carboxylic acids is 2. The predicted molar refractivity (Wildman–Crippen MR) is 196 cm³/mol. The topological polar surface area (TPSA) is 232 Å². The zero-order valence-corrected chi connectivity index (χ0v) is 30.7. The Morgan fingerprint density at radius 3 is 2.04 bits per heavy atom. The van der Waals surface area contributed by atoms with Gasteiger partial charge in [-0.3, -0.25) is 24.1 Å². The van der Waals surface area contributed by atoms with Gasteiger partial charge < -0.3 is 30.2 Å². The molecule has 2 aromatic heterocycles. The lowest BCUT2D eigenvalue weighted by molar-refractivity contribution is -0.218. The number of carboxylic acid groups (broad SMARTS) is 2. The third-order valence-electron chi connectivity index (χ3n) is 9.32. The van der Waals surface area contributed by atoms with Gasteiger partial charge in [0.25, 0.3) is 5.56 Å². The fraction of sp³-hybridized carbons (Fsp3) is 0.432. The number of carbonyl (C=O) groups excluding carboxylic acids is 2. The minimum Gasteiger partial charge on any atom is -0.480 e. The summed E-state index contributed by atoms with van der Waals surface area (Å²) in [6, 6.07) is 16.4. The molecule has 0 aliphatic heterocycles. The largest absolute Gasteiger partial charge is 0.480 e. The van der Waals surface area contributed by atoms with Gasteiger partial charge in [-0.15, -0.1) is 0 Å². The van der Waals surface area contributed by atoms with E-state index < -0.39 is 60.0 Å². The van der Waals surface area contributed by atoms with E-state index >= 15 is 0 Å². The van der Waals surface area contributed by atoms with Crippen molar-refractivity contribution < 1.29 is 43.6 Å². The Labute approximate surface area is 311 Å². The first-order chi connectivity index (χ1) is 25.8. The molecule has 0 aliphatic carbocycles. The maximum atomic E-state index is 14.1. The molecule has 2 aromatic carbocycles. The van der Waals surface area contributed by atoms with Crippen LogP contribution in [0.5, 0.6) is 0 Å². The van der Waals surface area contributed by atoms with Crippen molar-refractivity contribution in [3.8, 4) is 0 Å². The van der Waals surface area contributed by atoms with Crippen molar-refractivity contribution >= 4 is 41.2 Å². The van der Waals surface area contributed by atoms with Crippen LogP contribution in [0.1, 0.15) is 58.1 Å². The van der Waals surface area contributed by atoms with Crippen LogP contribution in [-0.4, -0.2) is 88.5 Å². The Balaban J connectivity index is 1.70. The molecule has 4 rings (SSSR count). The van der Waals surface area contributed by atoms with Crippen LogP contribution >= 0.6 is 0 Å². The summed E-state index contributed by atoms with van der Waals surface area (Å²) in [4.78, 5) is 78.7. The number of aliphatic carboxylic acids is 2. The number of nitrogens with one attached hydrogen (secondary N) is 1. The highest BCUT2D eigenvalue weighted by molar-refractivity contribution is 5.83. The number of ether oxygens (including phenoxy) is 3. The first-order valence-electron chi connectivity index (χ1n) is 17.6. The molecule has 17 heteroatoms. The van der Waals surface area contributed by atoms with Gasteiger partial charge in [-0.25, -0.2) is 24.2 Å². The normalized spacial score (nSPS) is 14.0. The summed E-state index contributed by atoms with van der Waals surface area (Å²) in [7, 11) is 0. The number of nitrogen functional groups attached to an aromatic ring is 1. The monoisotopic (exact) mass is 749 g/mol. The Bertz CT molecular complexity index is 1940. The maximum Gasteiger partial charge on any atom is 0.412 e. The fourth-order valence-electron chi connectivity index (χ4n) is 6.03. The van der Waals surface area contributed by atoms with Gasteiger partial charge in [0.05, 0.1) is 6.33 Å². The molecule has 54 heavy (non-hydrogen) atoms. The van der Waals surface area contributed by atoms with Gasteiger partial charge in [0, 0.05) is 19.0 Å². The third-order valence-corrected chi connectivity index (χ3v) is 9.32. The molecule has 0 aliphatic rings. The van der Waals surface area contributed by atoms with E-state index in [1.54, 1.807) is 82.3 Å². The van der Waals surface area contributed by atoms with Crippen molar-refractivity contribution in [3.05, 3.63) is 88.5 Å². The molecule has 5 N–H and O–H groups in total. The van der Waals surface area contributed by atoms with Crippen LogP contribution in [0, 0.1) is 11.8 Å². The summed E-state index contributed by atoms with van der Waals surface area (Å²) >= 11 is 0. The van der Waals surface area contributed by atoms with Gasteiger partial charge in [-0.2, -0.15) is 4.98 Å². The molecule has 0 saturated carbocycles. The van der Waals surface area contributed by atoms with Crippen molar-refractivity contribution in [1.29, 1.82) is 0 Å². The van der Waals surface area contributed by atoms with Crippen LogP contribution in [0.15, 0.2) is 71.8 Å². The van der Waals surface area contributed by atoms with Crippen LogP contribution in [-0.2, 0) is 43.7 Å². The van der Waals surface area contributed by atoms with Gasteiger partial charge in [0.15, 0.2) is 11.2 Å². The van der Waals surface area contributed by atoms with Crippen LogP contribution in [0.3, 0.4) is 0 Å². The van der Waals surface area contributed by atoms with Gasteiger partial charge in [0.2, 0.25) is 11.7 Å². The lowest BCUT2D eigenvalue weighted by Gasteiger charge is -2.43. The smallest absolute Gasteiger partial charge is 0.412 e. The minimum atomic E-state index is -2.38. The highest BCUT2D eigenvalue weighted by Crippen LogP contribution is 2.32. The number of carbonyl (C=O) groups is 4. The molecule has 0 saturated heterocycles. The number of imidazole rings is 1. The number of hydrogen-bond acceptors (Lipinski definition) is 11. The van der Waals surface area contributed by atoms with E-state index in [1.165, 1.54) is 10.9 Å². The second-order valence-electron chi connectivity index (χ2n) is 12.9. The molecule has 0 unspecified atom stereocenters. The van der Waals surface area contributed by atoms with Gasteiger partial charge >= 0.3 is 24.1 Å². The summed E-state index contributed by atoms with van der Waals surface area (Å²) in [6.45, 7) is 5.40. The summed E-state index contributed by atoms with van der Waals surface area (Å²) in [5.74, 6) is -4.32. The van der Waals surface area contributed by atoms with E-state index in [-0.39, 0.29) is 56.3 Å². The summed E-state index contributed by atoms with van der Waals surface area (Å²) < 4.78 is 18.7. The molecule has 4 atom stereocenters. The molecule has 0 bridgehead atoms. The average Bonchev–Trinajstić information content (AvgIpc) is 3.57. The van der Waals surface area contributed by atoms with Crippen molar-refractivity contribution in [1.82, 2.24) is 29.3 Å². The van der Waals surface area contributed by atoms with Crippen LogP contribution in [0.4, 0.5) is 15.5 Å². The SMILES string of the molecule is CC[C@H](C)[C@@H](C(=O)O)N(CCCN(C(=O)OCc1ccccc1)[C@](OCn1cnc2c(=O)[nH]c(N)nc21)(C(=O)O)[C@@H](C)CC)C(=O)OCc1ccccc1. The lowest BCUT2D eigenvalue weighted by Crippen LogP contribution is -2.63. The number of amides is 2. The number of H-pyrrole nitrogens is 1. The van der Waals surface area contributed by atoms with Crippen molar-refractivity contribution in [2.24, 2.45) is 11.8 Å². The number of fused-ring (bicyclic) bond motifs is 1. The molecule has 290 valence electrons. The second kappa shape index (κ2) is 18.7. The van der Waals surface area contributed by atoms with Crippen LogP contribution in [0.25, 0.3) is 11.2 Å². The van der Waals surface area contributed by atoms with E-state index in [0.29, 0.717) is 17.5 Å². The van der Waals surface area contributed by atoms with E-state index in [2.05, 4.69) is 15.0 Å². The van der Waals surface area contributed by atoms with Crippen molar-refractivity contribution in [2.45, 2.75) is 78.7 Å². The molecule has 2 heterocycles. The Morgan fingerprint density at radius 2 is 1.50 bits per heavy atom. The van der Waals surface area contributed by atoms with Gasteiger partial charge in [0.1, 0.15) is 26.0 Å². The number of benzene rings is 2. The number of aromatic amines is 1. The number of nitrogens with two attached hydrogens (primary N) is 1. The van der Waals surface area contributed by atoms with Crippen LogP contribution in [0.2, 0.25) is 0 Å². The molecule has 4 aromatic rings. The summed E-state index contributed by atoms with van der Waals surface area (Å²) in [5.41, 5.74) is 4.05. The average molecular weight is 750 g/mol. The minimum absolute atomic E-state index is 0.0207. The van der Waals surface area contributed by atoms with E-state index in [0.717, 1.165) is 9.80 Å². The predicted octanol–water partition coefficient (Wildman–Crippen LogP) is 4.67. The van der Waals surface area contributed by atoms with E-state index in [1.807, 2.05) is 6.07 Å². The highest BCUT2D eigenvalue weighted by Gasteiger charge is 2.53. The van der Waals surface area contributed by atoms with E-state index in [4.69, 9.17) is 19.9 Å². The fourth-order valence-corrected chi connectivity index (χ4v) is 6.03. The van der Waals surface area contributed by atoms with Gasteiger partial charge in [-0.1, -0.05) is 94.8 Å². The third kappa shape index (κ3) is 9.52. The van der Waals surface area contributed by atoms with Crippen LogP contribution < -0.4 is 11.3 Å².